The van der Waals surface area contributed by atoms with Crippen molar-refractivity contribution in [1.29, 1.82) is 0 Å². The van der Waals surface area contributed by atoms with E-state index in [2.05, 4.69) is 10.2 Å². The van der Waals surface area contributed by atoms with Gasteiger partial charge in [-0.15, -0.1) is 0 Å². The third kappa shape index (κ3) is 3.45. The number of aliphatic hydroxyl groups excluding tert-OH is 1. The van der Waals surface area contributed by atoms with E-state index >= 15 is 0 Å². The van der Waals surface area contributed by atoms with Crippen molar-refractivity contribution in [3.63, 3.8) is 0 Å². The SMILES string of the molecule is O=C(Nc1ccccc1)N1CCN(CCO)CC1. The Morgan fingerprint density at radius 2 is 1.83 bits per heavy atom. The fourth-order valence-corrected chi connectivity index (χ4v) is 2.04. The summed E-state index contributed by atoms with van der Waals surface area (Å²) >= 11 is 0. The average Bonchev–Trinajstić information content (AvgIpc) is 2.41. The zero-order valence-electron chi connectivity index (χ0n) is 10.4. The van der Waals surface area contributed by atoms with E-state index in [1.165, 1.54) is 0 Å². The van der Waals surface area contributed by atoms with E-state index in [1.807, 2.05) is 30.3 Å². The van der Waals surface area contributed by atoms with E-state index < -0.39 is 0 Å². The van der Waals surface area contributed by atoms with Gasteiger partial charge in [-0.3, -0.25) is 4.90 Å². The summed E-state index contributed by atoms with van der Waals surface area (Å²) in [5, 5.41) is 11.7. The molecule has 0 radical (unpaired) electrons. The minimum absolute atomic E-state index is 0.0511. The summed E-state index contributed by atoms with van der Waals surface area (Å²) in [5.41, 5.74) is 0.820. The molecule has 5 nitrogen and oxygen atoms in total. The van der Waals surface area contributed by atoms with Gasteiger partial charge in [0.25, 0.3) is 0 Å². The molecule has 1 aliphatic rings. The van der Waals surface area contributed by atoms with E-state index in [0.717, 1.165) is 18.8 Å². The number of carbonyl (C=O) groups is 1. The van der Waals surface area contributed by atoms with Gasteiger partial charge in [0.1, 0.15) is 0 Å². The molecule has 0 bridgehead atoms. The van der Waals surface area contributed by atoms with Crippen molar-refractivity contribution in [2.75, 3.05) is 44.6 Å². The molecule has 1 aromatic rings. The zero-order chi connectivity index (χ0) is 12.8. The molecule has 0 spiro atoms. The van der Waals surface area contributed by atoms with E-state index in [9.17, 15) is 4.79 Å². The van der Waals surface area contributed by atoms with Gasteiger partial charge in [-0.05, 0) is 12.1 Å². The van der Waals surface area contributed by atoms with Crippen molar-refractivity contribution in [3.05, 3.63) is 30.3 Å². The number of hydrogen-bond acceptors (Lipinski definition) is 3. The van der Waals surface area contributed by atoms with Crippen molar-refractivity contribution in [2.24, 2.45) is 0 Å². The van der Waals surface area contributed by atoms with Gasteiger partial charge in [-0.25, -0.2) is 4.79 Å². The minimum Gasteiger partial charge on any atom is -0.395 e. The Kier molecular flexibility index (Phi) is 4.55. The summed E-state index contributed by atoms with van der Waals surface area (Å²) in [4.78, 5) is 15.9. The Balaban J connectivity index is 1.81. The quantitative estimate of drug-likeness (QED) is 0.834. The molecule has 2 amide bonds. The third-order valence-corrected chi connectivity index (χ3v) is 3.10. The van der Waals surface area contributed by atoms with Crippen molar-refractivity contribution in [2.45, 2.75) is 0 Å². The Hall–Kier alpha value is -1.59. The average molecular weight is 249 g/mol. The smallest absolute Gasteiger partial charge is 0.321 e. The number of aliphatic hydroxyl groups is 1. The first-order valence-corrected chi connectivity index (χ1v) is 6.24. The van der Waals surface area contributed by atoms with Crippen LogP contribution in [0.25, 0.3) is 0 Å². The number of urea groups is 1. The minimum atomic E-state index is -0.0511. The van der Waals surface area contributed by atoms with Crippen LogP contribution in [0.15, 0.2) is 30.3 Å². The second-order valence-corrected chi connectivity index (χ2v) is 4.35. The van der Waals surface area contributed by atoms with Gasteiger partial charge in [0.15, 0.2) is 0 Å². The van der Waals surface area contributed by atoms with Gasteiger partial charge >= 0.3 is 6.03 Å². The summed E-state index contributed by atoms with van der Waals surface area (Å²) < 4.78 is 0. The van der Waals surface area contributed by atoms with Crippen molar-refractivity contribution in [1.82, 2.24) is 9.80 Å². The number of hydrogen-bond donors (Lipinski definition) is 2. The molecule has 0 aromatic heterocycles. The molecular weight excluding hydrogens is 230 g/mol. The van der Waals surface area contributed by atoms with Crippen LogP contribution in [0.5, 0.6) is 0 Å². The number of carbonyl (C=O) groups excluding carboxylic acids is 1. The normalized spacial score (nSPS) is 16.6. The number of anilines is 1. The second-order valence-electron chi connectivity index (χ2n) is 4.35. The largest absolute Gasteiger partial charge is 0.395 e. The number of nitrogens with zero attached hydrogens (tertiary/aromatic N) is 2. The predicted octanol–water partition coefficient (Wildman–Crippen LogP) is 0.828. The molecule has 5 heteroatoms. The molecule has 0 saturated carbocycles. The molecule has 98 valence electrons. The first-order valence-electron chi connectivity index (χ1n) is 6.24. The van der Waals surface area contributed by atoms with Crippen LogP contribution in [-0.2, 0) is 0 Å². The molecule has 0 unspecified atom stereocenters. The van der Waals surface area contributed by atoms with Crippen LogP contribution in [0, 0.1) is 0 Å². The van der Waals surface area contributed by atoms with Gasteiger partial charge in [-0.1, -0.05) is 18.2 Å². The lowest BCUT2D eigenvalue weighted by molar-refractivity contribution is 0.127. The number of para-hydroxylation sites is 1. The fraction of sp³-hybridized carbons (Fsp3) is 0.462. The topological polar surface area (TPSA) is 55.8 Å². The molecule has 1 heterocycles. The lowest BCUT2D eigenvalue weighted by atomic mass is 10.3. The van der Waals surface area contributed by atoms with E-state index in [0.29, 0.717) is 19.6 Å². The summed E-state index contributed by atoms with van der Waals surface area (Å²) in [6, 6.07) is 9.41. The number of benzene rings is 1. The van der Waals surface area contributed by atoms with Crippen molar-refractivity contribution < 1.29 is 9.90 Å². The van der Waals surface area contributed by atoms with Gasteiger partial charge in [0, 0.05) is 38.4 Å². The first-order chi connectivity index (χ1) is 8.79. The van der Waals surface area contributed by atoms with Crippen LogP contribution < -0.4 is 5.32 Å². The molecule has 18 heavy (non-hydrogen) atoms. The van der Waals surface area contributed by atoms with Crippen LogP contribution in [-0.4, -0.2) is 60.3 Å². The van der Waals surface area contributed by atoms with E-state index in [1.54, 1.807) is 4.90 Å². The highest BCUT2D eigenvalue weighted by molar-refractivity contribution is 5.89. The number of rotatable bonds is 3. The van der Waals surface area contributed by atoms with E-state index in [-0.39, 0.29) is 12.6 Å². The van der Waals surface area contributed by atoms with Gasteiger partial charge in [-0.2, -0.15) is 0 Å². The lowest BCUT2D eigenvalue weighted by Gasteiger charge is -2.34. The molecule has 2 N–H and O–H groups in total. The van der Waals surface area contributed by atoms with Crippen molar-refractivity contribution >= 4 is 11.7 Å². The third-order valence-electron chi connectivity index (χ3n) is 3.10. The summed E-state index contributed by atoms with van der Waals surface area (Å²) in [6.07, 6.45) is 0. The van der Waals surface area contributed by atoms with Crippen LogP contribution in [0.4, 0.5) is 10.5 Å². The fourth-order valence-electron chi connectivity index (χ4n) is 2.04. The maximum absolute atomic E-state index is 12.0. The van der Waals surface area contributed by atoms with Crippen LogP contribution in [0.3, 0.4) is 0 Å². The second kappa shape index (κ2) is 6.37. The standard InChI is InChI=1S/C13H19N3O2/c17-11-10-15-6-8-16(9-7-15)13(18)14-12-4-2-1-3-5-12/h1-5,17H,6-11H2,(H,14,18). The van der Waals surface area contributed by atoms with Gasteiger partial charge < -0.3 is 15.3 Å². The van der Waals surface area contributed by atoms with Gasteiger partial charge in [0.2, 0.25) is 0 Å². The monoisotopic (exact) mass is 249 g/mol. The molecule has 1 aromatic carbocycles. The van der Waals surface area contributed by atoms with Gasteiger partial charge in [0.05, 0.1) is 6.61 Å². The number of piperazine rings is 1. The van der Waals surface area contributed by atoms with E-state index in [4.69, 9.17) is 5.11 Å². The highest BCUT2D eigenvalue weighted by Crippen LogP contribution is 2.08. The maximum Gasteiger partial charge on any atom is 0.321 e. The highest BCUT2D eigenvalue weighted by Gasteiger charge is 2.20. The lowest BCUT2D eigenvalue weighted by Crippen LogP contribution is -2.50. The van der Waals surface area contributed by atoms with Crippen LogP contribution in [0.2, 0.25) is 0 Å². The molecule has 0 atom stereocenters. The molecule has 2 rings (SSSR count). The Morgan fingerprint density at radius 1 is 1.17 bits per heavy atom. The Labute approximate surface area is 107 Å². The van der Waals surface area contributed by atoms with Crippen LogP contribution in [0.1, 0.15) is 0 Å². The first kappa shape index (κ1) is 12.9. The summed E-state index contributed by atoms with van der Waals surface area (Å²) in [6.45, 7) is 3.92. The molecule has 0 aliphatic carbocycles. The molecule has 1 saturated heterocycles. The molecule has 1 aliphatic heterocycles. The van der Waals surface area contributed by atoms with Crippen LogP contribution >= 0.6 is 0 Å². The number of amides is 2. The predicted molar refractivity (Wildman–Crippen MR) is 70.6 cm³/mol. The Bertz CT molecular complexity index is 375. The number of β-amino-alcohol motifs (C(OH)–C–C–N with tert-alkyl or cyclic N) is 1. The van der Waals surface area contributed by atoms with Crippen molar-refractivity contribution in [3.8, 4) is 0 Å². The summed E-state index contributed by atoms with van der Waals surface area (Å²) in [7, 11) is 0. The molecular formula is C13H19N3O2. The highest BCUT2D eigenvalue weighted by atomic mass is 16.3. The zero-order valence-corrected chi connectivity index (χ0v) is 10.4. The maximum atomic E-state index is 12.0. The Morgan fingerprint density at radius 3 is 2.44 bits per heavy atom. The molecule has 1 fully saturated rings. The summed E-state index contributed by atoms with van der Waals surface area (Å²) in [5.74, 6) is 0. The number of nitrogens with one attached hydrogen (secondary N) is 1.